The van der Waals surface area contributed by atoms with E-state index in [0.29, 0.717) is 11.9 Å². The molecule has 0 aliphatic carbocycles. The summed E-state index contributed by atoms with van der Waals surface area (Å²) in [7, 11) is 0. The Bertz CT molecular complexity index is 404. The fourth-order valence-electron chi connectivity index (χ4n) is 2.43. The summed E-state index contributed by atoms with van der Waals surface area (Å²) in [6.45, 7) is 3.13. The minimum atomic E-state index is -0.348. The number of esters is 1. The van der Waals surface area contributed by atoms with Crippen molar-refractivity contribution in [3.8, 4) is 0 Å². The van der Waals surface area contributed by atoms with E-state index in [4.69, 9.17) is 4.74 Å². The molecule has 2 unspecified atom stereocenters. The van der Waals surface area contributed by atoms with E-state index in [1.165, 1.54) is 25.0 Å². The number of rotatable bonds is 6. The van der Waals surface area contributed by atoms with Crippen LogP contribution in [0.5, 0.6) is 0 Å². The second kappa shape index (κ2) is 8.32. The highest BCUT2D eigenvalue weighted by Crippen LogP contribution is 2.25. The van der Waals surface area contributed by atoms with E-state index in [1.807, 2.05) is 49.0 Å². The van der Waals surface area contributed by atoms with Gasteiger partial charge in [-0.05, 0) is 31.1 Å². The van der Waals surface area contributed by atoms with Gasteiger partial charge in [0.15, 0.2) is 0 Å². The van der Waals surface area contributed by atoms with Gasteiger partial charge in [0.25, 0.3) is 0 Å². The Hall–Kier alpha value is -1.00. The van der Waals surface area contributed by atoms with Crippen molar-refractivity contribution in [2.45, 2.75) is 37.5 Å². The Labute approximate surface area is 125 Å². The van der Waals surface area contributed by atoms with Crippen molar-refractivity contribution in [3.05, 3.63) is 35.9 Å². The maximum absolute atomic E-state index is 12.1. The monoisotopic (exact) mass is 293 g/mol. The Kier molecular flexibility index (Phi) is 6.40. The fraction of sp³-hybridized carbons (Fsp3) is 0.562. The van der Waals surface area contributed by atoms with Crippen LogP contribution in [0, 0.1) is 0 Å². The lowest BCUT2D eigenvalue weighted by atomic mass is 10.1. The molecular weight excluding hydrogens is 270 g/mol. The van der Waals surface area contributed by atoms with Crippen molar-refractivity contribution in [2.24, 2.45) is 0 Å². The molecule has 4 heteroatoms. The number of hydrogen-bond acceptors (Lipinski definition) is 4. The number of carbonyl (C=O) groups excluding carboxylic acids is 1. The molecule has 0 spiro atoms. The van der Waals surface area contributed by atoms with Crippen molar-refractivity contribution in [3.63, 3.8) is 0 Å². The third-order valence-corrected chi connectivity index (χ3v) is 4.88. The summed E-state index contributed by atoms with van der Waals surface area (Å²) in [5.74, 6) is 1.06. The van der Waals surface area contributed by atoms with Gasteiger partial charge in [0.1, 0.15) is 6.04 Å². The Balaban J connectivity index is 1.97. The Morgan fingerprint density at radius 3 is 2.85 bits per heavy atom. The molecule has 2 atom stereocenters. The zero-order valence-electron chi connectivity index (χ0n) is 12.0. The first-order valence-electron chi connectivity index (χ1n) is 7.38. The molecule has 1 saturated heterocycles. The highest BCUT2D eigenvalue weighted by molar-refractivity contribution is 7.99. The van der Waals surface area contributed by atoms with Crippen LogP contribution in [-0.4, -0.2) is 30.1 Å². The molecule has 3 nitrogen and oxygen atoms in total. The molecule has 1 heterocycles. The van der Waals surface area contributed by atoms with Gasteiger partial charge in [-0.3, -0.25) is 5.32 Å². The van der Waals surface area contributed by atoms with Crippen LogP contribution in [-0.2, 0) is 9.53 Å². The third-order valence-electron chi connectivity index (χ3n) is 3.48. The van der Waals surface area contributed by atoms with Crippen molar-refractivity contribution in [1.29, 1.82) is 0 Å². The highest BCUT2D eigenvalue weighted by Gasteiger charge is 2.23. The molecule has 1 aromatic rings. The minimum Gasteiger partial charge on any atom is -0.465 e. The van der Waals surface area contributed by atoms with Crippen LogP contribution in [0.3, 0.4) is 0 Å². The molecule has 1 aromatic carbocycles. The maximum atomic E-state index is 12.1. The number of ether oxygens (including phenoxy) is 1. The third kappa shape index (κ3) is 4.53. The summed E-state index contributed by atoms with van der Waals surface area (Å²) >= 11 is 2.01. The zero-order chi connectivity index (χ0) is 14.2. The van der Waals surface area contributed by atoms with E-state index in [9.17, 15) is 4.79 Å². The second-order valence-electron chi connectivity index (χ2n) is 4.99. The SMILES string of the molecule is CCOC(=O)C(NCC1CCCCS1)c1ccccc1. The normalized spacial score (nSPS) is 20.4. The van der Waals surface area contributed by atoms with Crippen LogP contribution in [0.2, 0.25) is 0 Å². The summed E-state index contributed by atoms with van der Waals surface area (Å²) in [6.07, 6.45) is 3.86. The number of nitrogens with one attached hydrogen (secondary N) is 1. The molecular formula is C16H23NO2S. The molecule has 1 N–H and O–H groups in total. The zero-order valence-corrected chi connectivity index (χ0v) is 12.8. The van der Waals surface area contributed by atoms with E-state index in [-0.39, 0.29) is 12.0 Å². The molecule has 20 heavy (non-hydrogen) atoms. The van der Waals surface area contributed by atoms with Gasteiger partial charge in [0.05, 0.1) is 6.61 Å². The number of thioether (sulfide) groups is 1. The predicted molar refractivity (Wildman–Crippen MR) is 83.9 cm³/mol. The lowest BCUT2D eigenvalue weighted by Gasteiger charge is -2.24. The highest BCUT2D eigenvalue weighted by atomic mass is 32.2. The van der Waals surface area contributed by atoms with Crippen LogP contribution < -0.4 is 5.32 Å². The maximum Gasteiger partial charge on any atom is 0.327 e. The van der Waals surface area contributed by atoms with Crippen LogP contribution >= 0.6 is 11.8 Å². The summed E-state index contributed by atoms with van der Waals surface area (Å²) < 4.78 is 5.19. The quantitative estimate of drug-likeness (QED) is 0.818. The van der Waals surface area contributed by atoms with Crippen molar-refractivity contribution in [2.75, 3.05) is 18.9 Å². The van der Waals surface area contributed by atoms with Crippen LogP contribution in [0.15, 0.2) is 30.3 Å². The van der Waals surface area contributed by atoms with Crippen molar-refractivity contribution >= 4 is 17.7 Å². The first-order chi connectivity index (χ1) is 9.81. The van der Waals surface area contributed by atoms with Crippen LogP contribution in [0.1, 0.15) is 37.8 Å². The van der Waals surface area contributed by atoms with Gasteiger partial charge in [-0.2, -0.15) is 11.8 Å². The second-order valence-corrected chi connectivity index (χ2v) is 6.40. The van der Waals surface area contributed by atoms with E-state index >= 15 is 0 Å². The van der Waals surface area contributed by atoms with E-state index in [2.05, 4.69) is 5.32 Å². The fourth-order valence-corrected chi connectivity index (χ4v) is 3.68. The van der Waals surface area contributed by atoms with Gasteiger partial charge in [-0.15, -0.1) is 0 Å². The van der Waals surface area contributed by atoms with Gasteiger partial charge in [0, 0.05) is 11.8 Å². The number of hydrogen-bond donors (Lipinski definition) is 1. The molecule has 1 aliphatic heterocycles. The summed E-state index contributed by atoms with van der Waals surface area (Å²) in [5, 5.41) is 4.01. The summed E-state index contributed by atoms with van der Waals surface area (Å²) in [4.78, 5) is 12.1. The van der Waals surface area contributed by atoms with Crippen LogP contribution in [0.4, 0.5) is 0 Å². The standard InChI is InChI=1S/C16H23NO2S/c1-2-19-16(18)15(13-8-4-3-5-9-13)17-12-14-10-6-7-11-20-14/h3-5,8-9,14-15,17H,2,6-7,10-12H2,1H3. The largest absolute Gasteiger partial charge is 0.465 e. The van der Waals surface area contributed by atoms with Crippen LogP contribution in [0.25, 0.3) is 0 Å². The average molecular weight is 293 g/mol. The molecule has 0 radical (unpaired) electrons. The summed E-state index contributed by atoms with van der Waals surface area (Å²) in [5.41, 5.74) is 0.978. The van der Waals surface area contributed by atoms with Gasteiger partial charge in [-0.1, -0.05) is 36.8 Å². The molecule has 0 amide bonds. The van der Waals surface area contributed by atoms with Crippen molar-refractivity contribution in [1.82, 2.24) is 5.32 Å². The molecule has 2 rings (SSSR count). The minimum absolute atomic E-state index is 0.181. The molecule has 110 valence electrons. The van der Waals surface area contributed by atoms with Crippen molar-refractivity contribution < 1.29 is 9.53 Å². The molecule has 0 aromatic heterocycles. The van der Waals surface area contributed by atoms with E-state index in [0.717, 1.165) is 12.1 Å². The number of carbonyl (C=O) groups is 1. The molecule has 0 saturated carbocycles. The Morgan fingerprint density at radius 2 is 2.20 bits per heavy atom. The van der Waals surface area contributed by atoms with E-state index in [1.54, 1.807) is 0 Å². The molecule has 0 bridgehead atoms. The first-order valence-corrected chi connectivity index (χ1v) is 8.42. The predicted octanol–water partition coefficient (Wildman–Crippen LogP) is 3.17. The van der Waals surface area contributed by atoms with E-state index < -0.39 is 0 Å². The molecule has 1 aliphatic rings. The lowest BCUT2D eigenvalue weighted by molar-refractivity contribution is -0.145. The first kappa shape index (κ1) is 15.4. The average Bonchev–Trinajstić information content (AvgIpc) is 2.50. The van der Waals surface area contributed by atoms with Gasteiger partial charge < -0.3 is 4.74 Å². The van der Waals surface area contributed by atoms with Gasteiger partial charge in [-0.25, -0.2) is 4.79 Å². The Morgan fingerprint density at radius 1 is 1.40 bits per heavy atom. The van der Waals surface area contributed by atoms with Gasteiger partial charge in [0.2, 0.25) is 0 Å². The topological polar surface area (TPSA) is 38.3 Å². The summed E-state index contributed by atoms with van der Waals surface area (Å²) in [6, 6.07) is 9.48. The lowest BCUT2D eigenvalue weighted by Crippen LogP contribution is -2.35. The smallest absolute Gasteiger partial charge is 0.327 e. The van der Waals surface area contributed by atoms with Gasteiger partial charge >= 0.3 is 5.97 Å². The molecule has 1 fully saturated rings. The number of benzene rings is 1.